The summed E-state index contributed by atoms with van der Waals surface area (Å²) in [7, 11) is 1.44. The number of carbonyl (C=O) groups excluding carboxylic acids is 2. The predicted molar refractivity (Wildman–Crippen MR) is 109 cm³/mol. The molecule has 29 heavy (non-hydrogen) atoms. The van der Waals surface area contributed by atoms with Crippen molar-refractivity contribution in [3.8, 4) is 5.69 Å². The first-order chi connectivity index (χ1) is 14.1. The smallest absolute Gasteiger partial charge is 0.307 e. The molecule has 1 aromatic carbocycles. The van der Waals surface area contributed by atoms with Crippen molar-refractivity contribution in [1.82, 2.24) is 20.0 Å². The largest absolute Gasteiger partial charge is 0.469 e. The number of carbonyl (C=O) groups is 2. The molecule has 154 valence electrons. The van der Waals surface area contributed by atoms with Crippen molar-refractivity contribution in [2.24, 2.45) is 5.92 Å². The zero-order valence-corrected chi connectivity index (χ0v) is 16.8. The van der Waals surface area contributed by atoms with E-state index in [1.54, 1.807) is 10.9 Å². The van der Waals surface area contributed by atoms with E-state index < -0.39 is 0 Å². The van der Waals surface area contributed by atoms with Gasteiger partial charge in [0.1, 0.15) is 0 Å². The molecule has 0 unspecified atom stereocenters. The molecular weight excluding hydrogens is 368 g/mol. The minimum Gasteiger partial charge on any atom is -0.469 e. The summed E-state index contributed by atoms with van der Waals surface area (Å²) in [6, 6.07) is 9.79. The van der Waals surface area contributed by atoms with E-state index in [4.69, 9.17) is 4.74 Å². The van der Waals surface area contributed by atoms with Gasteiger partial charge >= 0.3 is 5.97 Å². The van der Waals surface area contributed by atoms with Crippen LogP contribution in [0.1, 0.15) is 42.5 Å². The molecule has 2 fully saturated rings. The van der Waals surface area contributed by atoms with E-state index in [2.05, 4.69) is 15.3 Å². The van der Waals surface area contributed by atoms with Crippen LogP contribution in [0.2, 0.25) is 0 Å². The van der Waals surface area contributed by atoms with Gasteiger partial charge in [-0.05, 0) is 61.9 Å². The molecule has 1 saturated carbocycles. The molecule has 1 saturated heterocycles. The molecular formula is C22H28N4O3. The second kappa shape index (κ2) is 8.78. The molecule has 1 N–H and O–H groups in total. The number of ether oxygens (including phenoxy) is 1. The Kier molecular flexibility index (Phi) is 5.94. The summed E-state index contributed by atoms with van der Waals surface area (Å²) in [5.41, 5.74) is 1.56. The topological polar surface area (TPSA) is 76.5 Å². The molecule has 7 heteroatoms. The Balaban J connectivity index is 1.34. The number of rotatable bonds is 8. The van der Waals surface area contributed by atoms with Crippen molar-refractivity contribution in [3.63, 3.8) is 0 Å². The summed E-state index contributed by atoms with van der Waals surface area (Å²) in [6.45, 7) is 1.62. The number of amides is 1. The third-order valence-electron chi connectivity index (χ3n) is 5.96. The van der Waals surface area contributed by atoms with E-state index in [1.807, 2.05) is 36.5 Å². The van der Waals surface area contributed by atoms with E-state index in [9.17, 15) is 9.59 Å². The van der Waals surface area contributed by atoms with Gasteiger partial charge in [0.05, 0.1) is 19.2 Å². The standard InChI is InChI=1S/C22H28N4O3/c1-29-21(27)13-19-9-10-20(25(19)15-16-3-4-16)14-23-22(28)17-5-7-18(8-6-17)26-12-2-11-24-26/h2,5-8,11-12,16,19-20H,3-4,9-10,13-15H2,1H3,(H,23,28)/t19-,20+/m1/s1. The molecule has 2 aromatic rings. The maximum absolute atomic E-state index is 12.6. The van der Waals surface area contributed by atoms with Crippen LogP contribution in [-0.2, 0) is 9.53 Å². The second-order valence-corrected chi connectivity index (χ2v) is 8.01. The number of esters is 1. The molecule has 0 radical (unpaired) electrons. The number of benzene rings is 1. The van der Waals surface area contributed by atoms with Crippen LogP contribution in [0, 0.1) is 5.92 Å². The summed E-state index contributed by atoms with van der Waals surface area (Å²) >= 11 is 0. The first kappa shape index (κ1) is 19.6. The normalized spacial score (nSPS) is 21.8. The minimum absolute atomic E-state index is 0.0696. The van der Waals surface area contributed by atoms with Gasteiger partial charge in [-0.3, -0.25) is 14.5 Å². The molecule has 2 aliphatic rings. The Morgan fingerprint density at radius 2 is 1.90 bits per heavy atom. The third-order valence-corrected chi connectivity index (χ3v) is 5.96. The molecule has 0 bridgehead atoms. The van der Waals surface area contributed by atoms with Crippen molar-refractivity contribution >= 4 is 11.9 Å². The molecule has 2 atom stereocenters. The molecule has 1 aliphatic carbocycles. The third kappa shape index (κ3) is 4.85. The molecule has 1 aromatic heterocycles. The highest BCUT2D eigenvalue weighted by atomic mass is 16.5. The summed E-state index contributed by atoms with van der Waals surface area (Å²) in [5, 5.41) is 7.29. The highest BCUT2D eigenvalue weighted by Gasteiger charge is 2.38. The highest BCUT2D eigenvalue weighted by molar-refractivity contribution is 5.94. The number of likely N-dealkylation sites (tertiary alicyclic amines) is 1. The maximum atomic E-state index is 12.6. The zero-order chi connectivity index (χ0) is 20.2. The molecule has 1 aliphatic heterocycles. The van der Waals surface area contributed by atoms with Gasteiger partial charge in [0.15, 0.2) is 0 Å². The average Bonchev–Trinajstić information content (AvgIpc) is 3.24. The van der Waals surface area contributed by atoms with E-state index in [1.165, 1.54) is 20.0 Å². The van der Waals surface area contributed by atoms with Crippen LogP contribution in [0.4, 0.5) is 0 Å². The van der Waals surface area contributed by atoms with Crippen LogP contribution in [0.3, 0.4) is 0 Å². The van der Waals surface area contributed by atoms with Gasteiger partial charge in [-0.25, -0.2) is 4.68 Å². The summed E-state index contributed by atoms with van der Waals surface area (Å²) < 4.78 is 6.63. The Labute approximate surface area is 171 Å². The van der Waals surface area contributed by atoms with Crippen LogP contribution in [-0.4, -0.2) is 58.8 Å². The van der Waals surface area contributed by atoms with Crippen molar-refractivity contribution in [1.29, 1.82) is 0 Å². The van der Waals surface area contributed by atoms with E-state index in [0.717, 1.165) is 31.0 Å². The van der Waals surface area contributed by atoms with Gasteiger partial charge in [-0.1, -0.05) is 0 Å². The molecule has 1 amide bonds. The number of hydrogen-bond donors (Lipinski definition) is 1. The quantitative estimate of drug-likeness (QED) is 0.694. The van der Waals surface area contributed by atoms with Gasteiger partial charge in [0.2, 0.25) is 0 Å². The summed E-state index contributed by atoms with van der Waals surface area (Å²) in [5.74, 6) is 0.513. The van der Waals surface area contributed by atoms with Crippen LogP contribution >= 0.6 is 0 Å². The molecule has 0 spiro atoms. The van der Waals surface area contributed by atoms with E-state index >= 15 is 0 Å². The van der Waals surface area contributed by atoms with Crippen LogP contribution in [0.15, 0.2) is 42.7 Å². The van der Waals surface area contributed by atoms with Gasteiger partial charge in [0, 0.05) is 43.1 Å². The van der Waals surface area contributed by atoms with Crippen molar-refractivity contribution in [2.45, 2.75) is 44.2 Å². The van der Waals surface area contributed by atoms with Crippen molar-refractivity contribution in [3.05, 3.63) is 48.3 Å². The Bertz CT molecular complexity index is 830. The zero-order valence-electron chi connectivity index (χ0n) is 16.8. The lowest BCUT2D eigenvalue weighted by Crippen LogP contribution is -2.44. The van der Waals surface area contributed by atoms with Crippen molar-refractivity contribution < 1.29 is 14.3 Å². The number of hydrogen-bond acceptors (Lipinski definition) is 5. The van der Waals surface area contributed by atoms with Gasteiger partial charge in [-0.15, -0.1) is 0 Å². The number of nitrogens with zero attached hydrogens (tertiary/aromatic N) is 3. The van der Waals surface area contributed by atoms with Crippen LogP contribution in [0.25, 0.3) is 5.69 Å². The molecule has 2 heterocycles. The summed E-state index contributed by atoms with van der Waals surface area (Å²) in [6.07, 6.45) is 8.53. The lowest BCUT2D eigenvalue weighted by Gasteiger charge is -2.30. The Morgan fingerprint density at radius 1 is 1.14 bits per heavy atom. The van der Waals surface area contributed by atoms with E-state index in [-0.39, 0.29) is 24.0 Å². The number of aromatic nitrogens is 2. The van der Waals surface area contributed by atoms with Gasteiger partial charge in [0.25, 0.3) is 5.91 Å². The molecule has 4 rings (SSSR count). The summed E-state index contributed by atoms with van der Waals surface area (Å²) in [4.78, 5) is 26.8. The number of nitrogens with one attached hydrogen (secondary N) is 1. The van der Waals surface area contributed by atoms with E-state index in [0.29, 0.717) is 18.5 Å². The van der Waals surface area contributed by atoms with Crippen LogP contribution < -0.4 is 5.32 Å². The first-order valence-corrected chi connectivity index (χ1v) is 10.3. The maximum Gasteiger partial charge on any atom is 0.307 e. The van der Waals surface area contributed by atoms with Crippen LogP contribution in [0.5, 0.6) is 0 Å². The minimum atomic E-state index is -0.155. The fraction of sp³-hybridized carbons (Fsp3) is 0.500. The fourth-order valence-corrected chi connectivity index (χ4v) is 4.13. The second-order valence-electron chi connectivity index (χ2n) is 8.01. The fourth-order valence-electron chi connectivity index (χ4n) is 4.13. The Hall–Kier alpha value is -2.67. The SMILES string of the molecule is COC(=O)C[C@H]1CC[C@@H](CNC(=O)c2ccc(-n3cccn3)cc2)N1CC1CC1. The first-order valence-electron chi connectivity index (χ1n) is 10.3. The lowest BCUT2D eigenvalue weighted by molar-refractivity contribution is -0.141. The highest BCUT2D eigenvalue weighted by Crippen LogP contribution is 2.35. The molecule has 7 nitrogen and oxygen atoms in total. The van der Waals surface area contributed by atoms with Gasteiger partial charge in [-0.2, -0.15) is 5.10 Å². The Morgan fingerprint density at radius 3 is 2.55 bits per heavy atom. The van der Waals surface area contributed by atoms with Gasteiger partial charge < -0.3 is 10.1 Å². The average molecular weight is 396 g/mol. The lowest BCUT2D eigenvalue weighted by atomic mass is 10.1. The predicted octanol–water partition coefficient (Wildman–Crippen LogP) is 2.41. The number of methoxy groups -OCH3 is 1. The van der Waals surface area contributed by atoms with Crippen molar-refractivity contribution in [2.75, 3.05) is 20.2 Å². The monoisotopic (exact) mass is 396 g/mol.